The summed E-state index contributed by atoms with van der Waals surface area (Å²) in [5.74, 6) is 0.926. The first kappa shape index (κ1) is 23.9. The van der Waals surface area contributed by atoms with Crippen LogP contribution in [0.3, 0.4) is 0 Å². The number of methoxy groups -OCH3 is 2. The molecule has 1 aromatic carbocycles. The average molecular weight is 446 g/mol. The number of amides is 4. The van der Waals surface area contributed by atoms with Gasteiger partial charge in [-0.15, -0.1) is 0 Å². The van der Waals surface area contributed by atoms with Gasteiger partial charge in [-0.2, -0.15) is 0 Å². The molecule has 8 nitrogen and oxygen atoms in total. The summed E-state index contributed by atoms with van der Waals surface area (Å²) in [6.45, 7) is 0.269. The van der Waals surface area contributed by atoms with E-state index in [2.05, 4.69) is 10.6 Å². The maximum atomic E-state index is 12.7. The first-order valence-corrected chi connectivity index (χ1v) is 11.6. The second-order valence-electron chi connectivity index (χ2n) is 8.58. The van der Waals surface area contributed by atoms with Crippen molar-refractivity contribution in [2.24, 2.45) is 0 Å². The van der Waals surface area contributed by atoms with Gasteiger partial charge in [0.1, 0.15) is 6.04 Å². The van der Waals surface area contributed by atoms with Gasteiger partial charge < -0.3 is 20.1 Å². The molecule has 0 radical (unpaired) electrons. The number of imide groups is 1. The van der Waals surface area contributed by atoms with Crippen molar-refractivity contribution in [3.8, 4) is 11.5 Å². The van der Waals surface area contributed by atoms with Gasteiger partial charge in [-0.05, 0) is 43.4 Å². The molecule has 176 valence electrons. The van der Waals surface area contributed by atoms with Crippen LogP contribution in [-0.4, -0.2) is 55.6 Å². The van der Waals surface area contributed by atoms with Gasteiger partial charge in [0.05, 0.1) is 14.2 Å². The van der Waals surface area contributed by atoms with E-state index < -0.39 is 12.1 Å². The predicted molar refractivity (Wildman–Crippen MR) is 121 cm³/mol. The minimum atomic E-state index is -0.643. The van der Waals surface area contributed by atoms with Crippen LogP contribution in [0, 0.1) is 0 Å². The van der Waals surface area contributed by atoms with Crippen molar-refractivity contribution >= 4 is 17.8 Å². The largest absolute Gasteiger partial charge is 0.493 e. The lowest BCUT2D eigenvalue weighted by Crippen LogP contribution is -2.37. The zero-order valence-electron chi connectivity index (χ0n) is 19.2. The third-order valence-corrected chi connectivity index (χ3v) is 6.31. The predicted octanol–water partition coefficient (Wildman–Crippen LogP) is 3.18. The van der Waals surface area contributed by atoms with Crippen molar-refractivity contribution in [3.63, 3.8) is 0 Å². The molecule has 8 heteroatoms. The van der Waals surface area contributed by atoms with Crippen LogP contribution in [0.5, 0.6) is 11.5 Å². The zero-order valence-corrected chi connectivity index (χ0v) is 19.2. The Morgan fingerprint density at radius 2 is 1.75 bits per heavy atom. The highest BCUT2D eigenvalue weighted by atomic mass is 16.5. The lowest BCUT2D eigenvalue weighted by Gasteiger charge is -2.21. The van der Waals surface area contributed by atoms with Crippen LogP contribution >= 0.6 is 0 Å². The molecule has 0 bridgehead atoms. The highest BCUT2D eigenvalue weighted by Gasteiger charge is 2.37. The third kappa shape index (κ3) is 6.37. The lowest BCUT2D eigenvalue weighted by molar-refractivity contribution is -0.127. The van der Waals surface area contributed by atoms with Crippen molar-refractivity contribution in [1.82, 2.24) is 15.5 Å². The molecule has 32 heavy (non-hydrogen) atoms. The van der Waals surface area contributed by atoms with Crippen LogP contribution in [0.2, 0.25) is 0 Å². The van der Waals surface area contributed by atoms with Crippen LogP contribution < -0.4 is 20.1 Å². The van der Waals surface area contributed by atoms with Crippen LogP contribution in [0.25, 0.3) is 0 Å². The fourth-order valence-corrected chi connectivity index (χ4v) is 4.44. The summed E-state index contributed by atoms with van der Waals surface area (Å²) in [6.07, 6.45) is 9.15. The van der Waals surface area contributed by atoms with Gasteiger partial charge in [0.25, 0.3) is 5.91 Å². The van der Waals surface area contributed by atoms with Gasteiger partial charge >= 0.3 is 6.03 Å². The minimum Gasteiger partial charge on any atom is -0.493 e. The average Bonchev–Trinajstić information content (AvgIpc) is 3.04. The van der Waals surface area contributed by atoms with E-state index in [4.69, 9.17) is 9.47 Å². The summed E-state index contributed by atoms with van der Waals surface area (Å²) in [4.78, 5) is 38.7. The molecule has 0 spiro atoms. The Morgan fingerprint density at radius 1 is 1.06 bits per heavy atom. The number of hydrogen-bond donors (Lipinski definition) is 2. The summed E-state index contributed by atoms with van der Waals surface area (Å²) in [5, 5.41) is 5.84. The molecule has 2 fully saturated rings. The fraction of sp³-hybridized carbons (Fsp3) is 0.625. The Bertz CT molecular complexity index is 805. The van der Waals surface area contributed by atoms with E-state index >= 15 is 0 Å². The summed E-state index contributed by atoms with van der Waals surface area (Å²) in [5.41, 5.74) is 0.935. The van der Waals surface area contributed by atoms with Crippen molar-refractivity contribution < 1.29 is 23.9 Å². The van der Waals surface area contributed by atoms with E-state index in [-0.39, 0.29) is 30.8 Å². The van der Waals surface area contributed by atoms with Gasteiger partial charge in [0.15, 0.2) is 11.5 Å². The van der Waals surface area contributed by atoms with Gasteiger partial charge in [-0.25, -0.2) is 4.79 Å². The fourth-order valence-electron chi connectivity index (χ4n) is 4.44. The Balaban J connectivity index is 1.46. The molecule has 1 aliphatic carbocycles. The normalized spacial score (nSPS) is 19.8. The Morgan fingerprint density at radius 3 is 2.44 bits per heavy atom. The molecule has 1 atom stereocenters. The maximum Gasteiger partial charge on any atom is 0.324 e. The number of benzene rings is 1. The van der Waals surface area contributed by atoms with E-state index in [0.717, 1.165) is 31.2 Å². The summed E-state index contributed by atoms with van der Waals surface area (Å²) < 4.78 is 10.5. The lowest BCUT2D eigenvalue weighted by atomic mass is 9.96. The van der Waals surface area contributed by atoms with Crippen molar-refractivity contribution in [1.29, 1.82) is 0 Å². The Kier molecular flexibility index (Phi) is 8.76. The maximum absolute atomic E-state index is 12.7. The molecule has 1 heterocycles. The quantitative estimate of drug-likeness (QED) is 0.569. The monoisotopic (exact) mass is 445 g/mol. The minimum absolute atomic E-state index is 0.0404. The van der Waals surface area contributed by atoms with Crippen molar-refractivity contribution in [3.05, 3.63) is 23.8 Å². The van der Waals surface area contributed by atoms with E-state index in [0.29, 0.717) is 24.3 Å². The van der Waals surface area contributed by atoms with E-state index in [1.54, 1.807) is 20.3 Å². The Labute approximate surface area is 190 Å². The molecule has 1 aromatic rings. The number of urea groups is 1. The van der Waals surface area contributed by atoms with E-state index in [1.165, 1.54) is 24.2 Å². The molecule has 0 unspecified atom stereocenters. The highest BCUT2D eigenvalue weighted by Crippen LogP contribution is 2.28. The first-order valence-electron chi connectivity index (χ1n) is 11.6. The first-order chi connectivity index (χ1) is 15.5. The highest BCUT2D eigenvalue weighted by molar-refractivity contribution is 6.04. The number of ether oxygens (including phenoxy) is 2. The summed E-state index contributed by atoms with van der Waals surface area (Å²) in [7, 11) is 3.14. The number of carbonyl (C=O) groups excluding carboxylic acids is 3. The smallest absolute Gasteiger partial charge is 0.324 e. The van der Waals surface area contributed by atoms with Crippen molar-refractivity contribution in [2.45, 2.75) is 76.3 Å². The second kappa shape index (κ2) is 11.7. The molecule has 2 N–H and O–H groups in total. The molecule has 4 amide bonds. The van der Waals surface area contributed by atoms with Crippen LogP contribution in [-0.2, 0) is 16.0 Å². The molecule has 1 saturated heterocycles. The SMILES string of the molecule is COc1ccc(CCN2C(=O)N[C@@H](CCC(=O)NC3CCCCCCC3)C2=O)cc1OC. The van der Waals surface area contributed by atoms with E-state index in [1.807, 2.05) is 12.1 Å². The number of nitrogens with one attached hydrogen (secondary N) is 2. The van der Waals surface area contributed by atoms with Crippen LogP contribution in [0.1, 0.15) is 63.4 Å². The third-order valence-electron chi connectivity index (χ3n) is 6.31. The second-order valence-corrected chi connectivity index (χ2v) is 8.58. The van der Waals surface area contributed by atoms with Gasteiger partial charge in [0.2, 0.25) is 5.91 Å². The molecule has 2 aliphatic rings. The van der Waals surface area contributed by atoms with Gasteiger partial charge in [-0.3, -0.25) is 14.5 Å². The number of nitrogens with zero attached hydrogens (tertiary/aromatic N) is 1. The van der Waals surface area contributed by atoms with Crippen molar-refractivity contribution in [2.75, 3.05) is 20.8 Å². The standard InChI is InChI=1S/C24H35N3O5/c1-31-20-12-10-17(16-21(20)32-2)14-15-27-23(29)19(26-24(27)30)11-13-22(28)25-18-8-6-4-3-5-7-9-18/h10,12,16,18-19H,3-9,11,13-15H2,1-2H3,(H,25,28)(H,26,30)/t19-/m0/s1. The van der Waals surface area contributed by atoms with Crippen LogP contribution in [0.15, 0.2) is 18.2 Å². The number of hydrogen-bond acceptors (Lipinski definition) is 5. The molecule has 1 saturated carbocycles. The zero-order chi connectivity index (χ0) is 22.9. The molecule has 1 aliphatic heterocycles. The van der Waals surface area contributed by atoms with Crippen LogP contribution in [0.4, 0.5) is 4.79 Å². The molecular weight excluding hydrogens is 410 g/mol. The molecular formula is C24H35N3O5. The van der Waals surface area contributed by atoms with Gasteiger partial charge in [-0.1, -0.05) is 38.2 Å². The molecule has 3 rings (SSSR count). The topological polar surface area (TPSA) is 97.0 Å². The summed E-state index contributed by atoms with van der Waals surface area (Å²) >= 11 is 0. The number of rotatable bonds is 9. The number of carbonyl (C=O) groups is 3. The van der Waals surface area contributed by atoms with E-state index in [9.17, 15) is 14.4 Å². The Hall–Kier alpha value is -2.77. The summed E-state index contributed by atoms with van der Waals surface area (Å²) in [6, 6.07) is 4.72. The van der Waals surface area contributed by atoms with Gasteiger partial charge in [0, 0.05) is 19.0 Å². The molecule has 0 aromatic heterocycles.